The number of hydrogen-bond acceptors (Lipinski definition) is 5. The van der Waals surface area contributed by atoms with Crippen LogP contribution >= 0.6 is 11.3 Å². The van der Waals surface area contributed by atoms with Gasteiger partial charge in [0.2, 0.25) is 0 Å². The van der Waals surface area contributed by atoms with Gasteiger partial charge in [-0.25, -0.2) is 13.4 Å². The van der Waals surface area contributed by atoms with Crippen LogP contribution in [0.4, 0.5) is 5.69 Å². The molecule has 154 valence electrons. The van der Waals surface area contributed by atoms with Crippen LogP contribution in [0.2, 0.25) is 0 Å². The molecule has 0 radical (unpaired) electrons. The zero-order chi connectivity index (χ0) is 21.3. The van der Waals surface area contributed by atoms with Gasteiger partial charge in [-0.15, -0.1) is 11.3 Å². The van der Waals surface area contributed by atoms with Crippen LogP contribution in [-0.4, -0.2) is 23.7 Å². The van der Waals surface area contributed by atoms with Crippen LogP contribution in [0.5, 0.6) is 0 Å². The molecule has 0 saturated heterocycles. The monoisotopic (exact) mass is 440 g/mol. The maximum atomic E-state index is 12.8. The Hall–Kier alpha value is -3.17. The lowest BCUT2D eigenvalue weighted by atomic mass is 10.2. The maximum absolute atomic E-state index is 12.8. The molecule has 9 heteroatoms. The van der Waals surface area contributed by atoms with Crippen LogP contribution in [0, 0.1) is 13.8 Å². The Balaban J connectivity index is 1.49. The first-order valence-corrected chi connectivity index (χ1v) is 11.6. The molecule has 30 heavy (non-hydrogen) atoms. The van der Waals surface area contributed by atoms with Crippen LogP contribution in [0.25, 0.3) is 5.65 Å². The highest BCUT2D eigenvalue weighted by Crippen LogP contribution is 2.24. The molecule has 3 heterocycles. The molecular formula is C21H20N4O3S2. The van der Waals surface area contributed by atoms with Gasteiger partial charge in [0.15, 0.2) is 0 Å². The second-order valence-electron chi connectivity index (χ2n) is 6.97. The largest absolute Gasteiger partial charge is 0.346 e. The number of nitrogens with one attached hydrogen (secondary N) is 2. The quantitative estimate of drug-likeness (QED) is 0.478. The van der Waals surface area contributed by atoms with Gasteiger partial charge in [-0.1, -0.05) is 17.7 Å². The third kappa shape index (κ3) is 4.22. The van der Waals surface area contributed by atoms with Gasteiger partial charge in [-0.3, -0.25) is 9.52 Å². The van der Waals surface area contributed by atoms with Crippen LogP contribution in [0.15, 0.2) is 65.1 Å². The van der Waals surface area contributed by atoms with Crippen molar-refractivity contribution in [2.45, 2.75) is 25.3 Å². The van der Waals surface area contributed by atoms with Crippen LogP contribution in [-0.2, 0) is 16.6 Å². The number of hydrogen-bond donors (Lipinski definition) is 2. The Bertz CT molecular complexity index is 1320. The number of imidazole rings is 1. The molecule has 0 aliphatic carbocycles. The summed E-state index contributed by atoms with van der Waals surface area (Å²) in [6, 6.07) is 12.4. The van der Waals surface area contributed by atoms with Crippen molar-refractivity contribution in [2.24, 2.45) is 0 Å². The van der Waals surface area contributed by atoms with E-state index in [9.17, 15) is 13.2 Å². The van der Waals surface area contributed by atoms with Crippen LogP contribution < -0.4 is 10.0 Å². The third-order valence-corrected chi connectivity index (χ3v) is 6.99. The molecule has 0 spiro atoms. The molecule has 0 atom stereocenters. The zero-order valence-corrected chi connectivity index (χ0v) is 18.0. The fraction of sp³-hybridized carbons (Fsp3) is 0.143. The van der Waals surface area contributed by atoms with Crippen LogP contribution in [0.3, 0.4) is 0 Å². The molecule has 1 aromatic carbocycles. The first kappa shape index (κ1) is 20.1. The smallest absolute Gasteiger partial charge is 0.263 e. The first-order chi connectivity index (χ1) is 14.3. The number of carbonyl (C=O) groups excluding carboxylic acids is 1. The van der Waals surface area contributed by atoms with Gasteiger partial charge in [-0.05, 0) is 55.1 Å². The van der Waals surface area contributed by atoms with Gasteiger partial charge < -0.3 is 9.72 Å². The lowest BCUT2D eigenvalue weighted by molar-refractivity contribution is 0.0951. The number of anilines is 1. The summed E-state index contributed by atoms with van der Waals surface area (Å²) in [5.41, 5.74) is 4.04. The number of nitrogens with zero attached hydrogens (tertiary/aromatic N) is 2. The maximum Gasteiger partial charge on any atom is 0.263 e. The van der Waals surface area contributed by atoms with Gasteiger partial charge in [0.1, 0.15) is 15.4 Å². The number of rotatable bonds is 6. The summed E-state index contributed by atoms with van der Waals surface area (Å²) in [6.45, 7) is 4.10. The van der Waals surface area contributed by atoms with Crippen molar-refractivity contribution < 1.29 is 13.2 Å². The lowest BCUT2D eigenvalue weighted by Gasteiger charge is -2.09. The predicted octanol–water partition coefficient (Wildman–Crippen LogP) is 3.74. The topological polar surface area (TPSA) is 92.6 Å². The van der Waals surface area contributed by atoms with Gasteiger partial charge in [0, 0.05) is 18.1 Å². The third-order valence-electron chi connectivity index (χ3n) is 4.52. The summed E-state index contributed by atoms with van der Waals surface area (Å²) in [7, 11) is -3.89. The summed E-state index contributed by atoms with van der Waals surface area (Å²) < 4.78 is 30.0. The van der Waals surface area contributed by atoms with Gasteiger partial charge in [0.05, 0.1) is 12.2 Å². The second-order valence-corrected chi connectivity index (χ2v) is 9.54. The van der Waals surface area contributed by atoms with E-state index in [4.69, 9.17) is 0 Å². The summed E-state index contributed by atoms with van der Waals surface area (Å²) in [4.78, 5) is 17.3. The van der Waals surface area contributed by atoms with Crippen molar-refractivity contribution in [3.05, 3.63) is 81.9 Å². The Morgan fingerprint density at radius 3 is 2.63 bits per heavy atom. The number of sulfonamides is 1. The molecule has 0 unspecified atom stereocenters. The molecule has 2 N–H and O–H groups in total. The fourth-order valence-corrected chi connectivity index (χ4v) is 5.38. The summed E-state index contributed by atoms with van der Waals surface area (Å²) in [5.74, 6) is -0.456. The number of benzene rings is 1. The van der Waals surface area contributed by atoms with Crippen molar-refractivity contribution in [3.8, 4) is 0 Å². The molecule has 0 aliphatic heterocycles. The Morgan fingerprint density at radius 2 is 1.87 bits per heavy atom. The average Bonchev–Trinajstić information content (AvgIpc) is 3.34. The van der Waals surface area contributed by atoms with E-state index in [2.05, 4.69) is 15.0 Å². The number of amides is 1. The van der Waals surface area contributed by atoms with E-state index < -0.39 is 15.9 Å². The molecule has 0 saturated carbocycles. The zero-order valence-electron chi connectivity index (χ0n) is 16.4. The molecule has 0 aliphatic rings. The minimum absolute atomic E-state index is 0.0452. The predicted molar refractivity (Wildman–Crippen MR) is 117 cm³/mol. The van der Waals surface area contributed by atoms with Crippen LogP contribution in [0.1, 0.15) is 26.5 Å². The molecule has 4 aromatic rings. The van der Waals surface area contributed by atoms with E-state index in [-0.39, 0.29) is 16.3 Å². The highest BCUT2D eigenvalue weighted by molar-refractivity contribution is 7.93. The van der Waals surface area contributed by atoms with Crippen molar-refractivity contribution in [2.75, 3.05) is 4.72 Å². The lowest BCUT2D eigenvalue weighted by Crippen LogP contribution is -2.24. The molecule has 3 aromatic heterocycles. The van der Waals surface area contributed by atoms with Gasteiger partial charge >= 0.3 is 0 Å². The van der Waals surface area contributed by atoms with E-state index in [1.165, 1.54) is 6.07 Å². The minimum Gasteiger partial charge on any atom is -0.346 e. The number of aryl methyl sites for hydroxylation is 2. The van der Waals surface area contributed by atoms with Gasteiger partial charge in [-0.2, -0.15) is 0 Å². The molecule has 1 amide bonds. The van der Waals surface area contributed by atoms with E-state index >= 15 is 0 Å². The highest BCUT2D eigenvalue weighted by atomic mass is 32.2. The molecule has 0 fully saturated rings. The highest BCUT2D eigenvalue weighted by Gasteiger charge is 2.24. The molecule has 0 bridgehead atoms. The molecular weight excluding hydrogens is 420 g/mol. The van der Waals surface area contributed by atoms with Crippen molar-refractivity contribution in [1.82, 2.24) is 14.7 Å². The SMILES string of the molecule is Cc1ccc(NS(=O)(=O)c2ccsc2C(=O)NCc2cn3ccc(C)cc3n2)cc1. The standard InChI is InChI=1S/C21H20N4O3S2/c1-14-3-5-16(6-4-14)24-30(27,28)18-8-10-29-20(18)21(26)22-12-17-13-25-9-7-15(2)11-19(25)23-17/h3-11,13,24H,12H2,1-2H3,(H,22,26). The van der Waals surface area contributed by atoms with E-state index in [1.807, 2.05) is 54.9 Å². The summed E-state index contributed by atoms with van der Waals surface area (Å²) in [6.07, 6.45) is 3.74. The Labute approximate surface area is 178 Å². The first-order valence-electron chi connectivity index (χ1n) is 9.21. The van der Waals surface area contributed by atoms with Crippen molar-refractivity contribution in [3.63, 3.8) is 0 Å². The van der Waals surface area contributed by atoms with E-state index in [1.54, 1.807) is 17.5 Å². The number of thiophene rings is 1. The van der Waals surface area contributed by atoms with E-state index in [0.29, 0.717) is 11.4 Å². The van der Waals surface area contributed by atoms with Gasteiger partial charge in [0.25, 0.3) is 15.9 Å². The molecule has 4 rings (SSSR count). The number of carbonyl (C=O) groups is 1. The summed E-state index contributed by atoms with van der Waals surface area (Å²) in [5, 5.41) is 4.35. The molecule has 7 nitrogen and oxygen atoms in total. The fourth-order valence-electron chi connectivity index (χ4n) is 2.98. The van der Waals surface area contributed by atoms with Crippen molar-refractivity contribution >= 4 is 38.6 Å². The average molecular weight is 441 g/mol. The van der Waals surface area contributed by atoms with Crippen molar-refractivity contribution in [1.29, 1.82) is 0 Å². The Morgan fingerprint density at radius 1 is 1.10 bits per heavy atom. The second kappa shape index (κ2) is 7.92. The normalized spacial score (nSPS) is 11.5. The number of fused-ring (bicyclic) bond motifs is 1. The Kier molecular flexibility index (Phi) is 5.31. The van der Waals surface area contributed by atoms with E-state index in [0.717, 1.165) is 28.1 Å². The number of aromatic nitrogens is 2. The number of pyridine rings is 1. The minimum atomic E-state index is -3.89. The summed E-state index contributed by atoms with van der Waals surface area (Å²) >= 11 is 1.08.